The van der Waals surface area contributed by atoms with E-state index in [1.165, 1.54) is 5.57 Å². The molecule has 0 unspecified atom stereocenters. The van der Waals surface area contributed by atoms with Crippen molar-refractivity contribution in [1.29, 1.82) is 0 Å². The normalized spacial score (nSPS) is 14.7. The second-order valence-electron chi connectivity index (χ2n) is 4.14. The van der Waals surface area contributed by atoms with Crippen molar-refractivity contribution in [2.75, 3.05) is 13.2 Å². The first-order valence-electron chi connectivity index (χ1n) is 6.23. The minimum Gasteiger partial charge on any atom is -0.474 e. The van der Waals surface area contributed by atoms with E-state index in [4.69, 9.17) is 9.84 Å². The summed E-state index contributed by atoms with van der Waals surface area (Å²) in [6, 6.07) is 2.02. The lowest BCUT2D eigenvalue weighted by atomic mass is 10.1. The highest BCUT2D eigenvalue weighted by Gasteiger charge is 2.03. The van der Waals surface area contributed by atoms with Crippen LogP contribution in [0.5, 0.6) is 5.88 Å². The second kappa shape index (κ2) is 7.45. The molecule has 19 heavy (non-hydrogen) atoms. The zero-order valence-corrected chi connectivity index (χ0v) is 12.7. The number of aliphatic hydroxyl groups is 1. The van der Waals surface area contributed by atoms with E-state index >= 15 is 0 Å². The van der Waals surface area contributed by atoms with Gasteiger partial charge in [0.25, 0.3) is 0 Å². The molecule has 100 valence electrons. The fraction of sp³-hybridized carbons (Fsp3) is 0.267. The van der Waals surface area contributed by atoms with Gasteiger partial charge in [0.1, 0.15) is 6.61 Å². The predicted molar refractivity (Wildman–Crippen MR) is 85.0 cm³/mol. The van der Waals surface area contributed by atoms with Crippen LogP contribution in [0.4, 0.5) is 0 Å². The van der Waals surface area contributed by atoms with Crippen molar-refractivity contribution >= 4 is 28.7 Å². The second-order valence-corrected chi connectivity index (χ2v) is 5.31. The number of rotatable bonds is 5. The third-order valence-electron chi connectivity index (χ3n) is 2.65. The van der Waals surface area contributed by atoms with E-state index in [0.29, 0.717) is 5.88 Å². The van der Waals surface area contributed by atoms with Crippen molar-refractivity contribution in [3.8, 4) is 5.88 Å². The van der Waals surface area contributed by atoms with Crippen LogP contribution in [-0.2, 0) is 0 Å². The standard InChI is InChI=1S/C15H16INO2/c16-14-10-13(11-17-15(14)19-9-8-18)7-6-12-4-2-1-3-5-12/h2,4-7,10-11,18H,1,3,8-9H2/b7-6+. The van der Waals surface area contributed by atoms with Gasteiger partial charge in [-0.15, -0.1) is 0 Å². The molecule has 0 saturated heterocycles. The van der Waals surface area contributed by atoms with E-state index in [9.17, 15) is 0 Å². The minimum atomic E-state index is -0.0000956. The largest absolute Gasteiger partial charge is 0.474 e. The number of allylic oxidation sites excluding steroid dienone is 5. The molecular formula is C15H16INO2. The van der Waals surface area contributed by atoms with E-state index in [1.54, 1.807) is 6.20 Å². The fourth-order valence-corrected chi connectivity index (χ4v) is 2.38. The highest BCUT2D eigenvalue weighted by Crippen LogP contribution is 2.20. The van der Waals surface area contributed by atoms with Crippen LogP contribution in [0.15, 0.2) is 42.1 Å². The molecule has 4 heteroatoms. The molecule has 1 heterocycles. The Hall–Kier alpha value is -1.14. The Balaban J connectivity index is 2.05. The summed E-state index contributed by atoms with van der Waals surface area (Å²) in [5.41, 5.74) is 2.28. The molecule has 0 radical (unpaired) electrons. The number of aromatic nitrogens is 1. The molecule has 0 amide bonds. The summed E-state index contributed by atoms with van der Waals surface area (Å²) in [5, 5.41) is 8.72. The lowest BCUT2D eigenvalue weighted by molar-refractivity contribution is 0.196. The van der Waals surface area contributed by atoms with Gasteiger partial charge in [0.2, 0.25) is 5.88 Å². The zero-order valence-electron chi connectivity index (χ0n) is 10.6. The molecule has 1 aliphatic rings. The van der Waals surface area contributed by atoms with Gasteiger partial charge in [-0.05, 0) is 52.6 Å². The van der Waals surface area contributed by atoms with Crippen molar-refractivity contribution in [3.05, 3.63) is 51.3 Å². The van der Waals surface area contributed by atoms with E-state index in [-0.39, 0.29) is 13.2 Å². The van der Waals surface area contributed by atoms with Crippen molar-refractivity contribution in [3.63, 3.8) is 0 Å². The number of halogens is 1. The summed E-state index contributed by atoms with van der Waals surface area (Å²) < 4.78 is 6.27. The Labute approximate surface area is 126 Å². The Morgan fingerprint density at radius 1 is 1.37 bits per heavy atom. The van der Waals surface area contributed by atoms with Crippen molar-refractivity contribution in [2.45, 2.75) is 12.8 Å². The van der Waals surface area contributed by atoms with Gasteiger partial charge in [0.05, 0.1) is 10.2 Å². The first kappa shape index (κ1) is 14.3. The lowest BCUT2D eigenvalue weighted by Gasteiger charge is -2.06. The summed E-state index contributed by atoms with van der Waals surface area (Å²) >= 11 is 2.19. The van der Waals surface area contributed by atoms with Crippen molar-refractivity contribution < 1.29 is 9.84 Å². The molecule has 0 aliphatic heterocycles. The topological polar surface area (TPSA) is 42.4 Å². The number of hydrogen-bond acceptors (Lipinski definition) is 3. The van der Waals surface area contributed by atoms with Crippen LogP contribution in [0.3, 0.4) is 0 Å². The molecule has 0 saturated carbocycles. The first-order valence-corrected chi connectivity index (χ1v) is 7.31. The van der Waals surface area contributed by atoms with Gasteiger partial charge in [-0.2, -0.15) is 0 Å². The molecule has 0 fully saturated rings. The molecule has 3 nitrogen and oxygen atoms in total. The Bertz CT molecular complexity index is 521. The summed E-state index contributed by atoms with van der Waals surface area (Å²) in [6.07, 6.45) is 14.7. The van der Waals surface area contributed by atoms with Gasteiger partial charge in [-0.1, -0.05) is 30.4 Å². The van der Waals surface area contributed by atoms with Gasteiger partial charge in [0, 0.05) is 6.20 Å². The average molecular weight is 369 g/mol. The quantitative estimate of drug-likeness (QED) is 0.810. The maximum Gasteiger partial charge on any atom is 0.227 e. The molecule has 1 aromatic heterocycles. The summed E-state index contributed by atoms with van der Waals surface area (Å²) in [5.74, 6) is 0.573. The predicted octanol–water partition coefficient (Wildman–Crippen LogP) is 3.35. The highest BCUT2D eigenvalue weighted by atomic mass is 127. The van der Waals surface area contributed by atoms with Crippen LogP contribution in [0.25, 0.3) is 6.08 Å². The highest BCUT2D eigenvalue weighted by molar-refractivity contribution is 14.1. The minimum absolute atomic E-state index is 0.0000956. The van der Waals surface area contributed by atoms with Gasteiger partial charge >= 0.3 is 0 Å². The van der Waals surface area contributed by atoms with Crippen LogP contribution in [0.2, 0.25) is 0 Å². The van der Waals surface area contributed by atoms with Crippen LogP contribution < -0.4 is 4.74 Å². The first-order chi connectivity index (χ1) is 9.29. The smallest absolute Gasteiger partial charge is 0.227 e. The maximum absolute atomic E-state index is 8.72. The SMILES string of the molecule is OCCOc1ncc(/C=C/C2=CCCC=C2)cc1I. The molecule has 1 aliphatic carbocycles. The van der Waals surface area contributed by atoms with Gasteiger partial charge in [-0.3, -0.25) is 0 Å². The van der Waals surface area contributed by atoms with Crippen LogP contribution in [-0.4, -0.2) is 23.3 Å². The van der Waals surface area contributed by atoms with Gasteiger partial charge in [0.15, 0.2) is 0 Å². The van der Waals surface area contributed by atoms with Crippen LogP contribution >= 0.6 is 22.6 Å². The monoisotopic (exact) mass is 369 g/mol. The summed E-state index contributed by atoms with van der Waals surface area (Å²) in [4.78, 5) is 4.25. The van der Waals surface area contributed by atoms with Crippen molar-refractivity contribution in [2.24, 2.45) is 0 Å². The van der Waals surface area contributed by atoms with E-state index in [2.05, 4.69) is 51.9 Å². The molecule has 2 rings (SSSR count). The Kier molecular flexibility index (Phi) is 5.60. The van der Waals surface area contributed by atoms with Gasteiger partial charge in [-0.25, -0.2) is 4.98 Å². The molecule has 0 atom stereocenters. The third kappa shape index (κ3) is 4.47. The van der Waals surface area contributed by atoms with Gasteiger partial charge < -0.3 is 9.84 Å². The Morgan fingerprint density at radius 3 is 2.95 bits per heavy atom. The molecule has 0 spiro atoms. The van der Waals surface area contributed by atoms with E-state index < -0.39 is 0 Å². The summed E-state index contributed by atoms with van der Waals surface area (Å²) in [6.45, 7) is 0.274. The zero-order chi connectivity index (χ0) is 13.5. The number of nitrogens with zero attached hydrogens (tertiary/aromatic N) is 1. The number of hydrogen-bond donors (Lipinski definition) is 1. The molecule has 0 bridgehead atoms. The molecular weight excluding hydrogens is 353 g/mol. The molecule has 1 N–H and O–H groups in total. The van der Waals surface area contributed by atoms with Crippen LogP contribution in [0, 0.1) is 3.57 Å². The number of pyridine rings is 1. The fourth-order valence-electron chi connectivity index (χ4n) is 1.73. The number of aliphatic hydroxyl groups excluding tert-OH is 1. The van der Waals surface area contributed by atoms with Crippen LogP contribution in [0.1, 0.15) is 18.4 Å². The molecule has 1 aromatic rings. The Morgan fingerprint density at radius 2 is 2.26 bits per heavy atom. The summed E-state index contributed by atoms with van der Waals surface area (Å²) in [7, 11) is 0. The lowest BCUT2D eigenvalue weighted by Crippen LogP contribution is -2.04. The van der Waals surface area contributed by atoms with Crippen molar-refractivity contribution in [1.82, 2.24) is 4.98 Å². The number of ether oxygens (including phenoxy) is 1. The third-order valence-corrected chi connectivity index (χ3v) is 3.42. The van der Waals surface area contributed by atoms with E-state index in [1.807, 2.05) is 12.1 Å². The molecule has 0 aromatic carbocycles. The maximum atomic E-state index is 8.72. The van der Waals surface area contributed by atoms with E-state index in [0.717, 1.165) is 22.0 Å². The average Bonchev–Trinajstić information content (AvgIpc) is 2.45.